The number of aromatic nitrogens is 4. The standard InChI is InChI=1S/C23H32N8O/c1-2-3-10-25-22-28-20(24)19-21(29-22)31(23(32)27-19)13-16-6-4-15(5-7-16)12-30-14-17-8-9-18(30)11-26-17/h4-7,17-18,26H,2-3,8-14H2,1H3,(H,27,32)(H3,24,25,28,29)/t17-,18+/m1/s1. The fraction of sp³-hybridized carbons (Fsp3) is 0.522. The van der Waals surface area contributed by atoms with Crippen LogP contribution in [0.15, 0.2) is 29.1 Å². The molecule has 3 aliphatic rings. The van der Waals surface area contributed by atoms with Crippen LogP contribution >= 0.6 is 0 Å². The maximum Gasteiger partial charge on any atom is 0.328 e. The summed E-state index contributed by atoms with van der Waals surface area (Å²) in [6, 6.07) is 9.84. The fourth-order valence-electron chi connectivity index (χ4n) is 4.82. The Morgan fingerprint density at radius 2 is 1.94 bits per heavy atom. The molecule has 0 spiro atoms. The molecule has 9 nitrogen and oxygen atoms in total. The predicted octanol–water partition coefficient (Wildman–Crippen LogP) is 1.90. The number of piperidine rings is 2. The molecule has 32 heavy (non-hydrogen) atoms. The van der Waals surface area contributed by atoms with E-state index in [9.17, 15) is 4.79 Å². The summed E-state index contributed by atoms with van der Waals surface area (Å²) in [5.41, 5.74) is 9.24. The number of aromatic amines is 1. The number of imidazole rings is 1. The Bertz CT molecular complexity index is 1130. The van der Waals surface area contributed by atoms with Crippen LogP contribution in [-0.4, -0.2) is 56.1 Å². The van der Waals surface area contributed by atoms with E-state index in [1.807, 2.05) is 0 Å². The van der Waals surface area contributed by atoms with Gasteiger partial charge < -0.3 is 21.4 Å². The van der Waals surface area contributed by atoms with Gasteiger partial charge in [0, 0.05) is 38.3 Å². The second-order valence-electron chi connectivity index (χ2n) is 9.01. The number of nitrogens with one attached hydrogen (secondary N) is 3. The van der Waals surface area contributed by atoms with Crippen molar-refractivity contribution in [1.29, 1.82) is 0 Å². The van der Waals surface area contributed by atoms with E-state index in [-0.39, 0.29) is 11.5 Å². The SMILES string of the molecule is CCCCNc1nc(N)c2[nH]c(=O)n(Cc3ccc(CN4C[C@H]5CC[C@H]4CN5)cc3)c2n1. The number of nitrogen functional groups attached to an aromatic ring is 1. The molecule has 1 aromatic carbocycles. The van der Waals surface area contributed by atoms with E-state index in [2.05, 4.69) is 61.7 Å². The summed E-state index contributed by atoms with van der Waals surface area (Å²) in [6.45, 7) is 6.55. The molecule has 9 heteroatoms. The van der Waals surface area contributed by atoms with E-state index in [0.29, 0.717) is 35.7 Å². The molecule has 3 saturated heterocycles. The van der Waals surface area contributed by atoms with E-state index in [4.69, 9.17) is 5.73 Å². The first kappa shape index (κ1) is 21.0. The van der Waals surface area contributed by atoms with Crippen molar-refractivity contribution >= 4 is 22.9 Å². The number of hydrogen-bond donors (Lipinski definition) is 4. The Hall–Kier alpha value is -2.91. The van der Waals surface area contributed by atoms with Crippen LogP contribution in [-0.2, 0) is 13.1 Å². The first-order valence-corrected chi connectivity index (χ1v) is 11.7. The van der Waals surface area contributed by atoms with Gasteiger partial charge in [-0.15, -0.1) is 0 Å². The third kappa shape index (κ3) is 4.22. The molecule has 0 radical (unpaired) electrons. The lowest BCUT2D eigenvalue weighted by Gasteiger charge is -2.46. The molecular weight excluding hydrogens is 404 g/mol. The zero-order chi connectivity index (χ0) is 22.1. The van der Waals surface area contributed by atoms with Gasteiger partial charge in [0.05, 0.1) is 6.54 Å². The monoisotopic (exact) mass is 436 g/mol. The van der Waals surface area contributed by atoms with Crippen molar-refractivity contribution in [3.8, 4) is 0 Å². The Morgan fingerprint density at radius 1 is 1.16 bits per heavy atom. The third-order valence-corrected chi connectivity index (χ3v) is 6.68. The number of H-pyrrole nitrogens is 1. The van der Waals surface area contributed by atoms with Crippen LogP contribution in [0.3, 0.4) is 0 Å². The lowest BCUT2D eigenvalue weighted by Crippen LogP contribution is -2.60. The van der Waals surface area contributed by atoms with Crippen LogP contribution in [0.5, 0.6) is 0 Å². The van der Waals surface area contributed by atoms with Crippen LogP contribution in [0.4, 0.5) is 11.8 Å². The first-order chi connectivity index (χ1) is 15.6. The summed E-state index contributed by atoms with van der Waals surface area (Å²) in [5, 5.41) is 6.81. The van der Waals surface area contributed by atoms with Gasteiger partial charge >= 0.3 is 5.69 Å². The summed E-state index contributed by atoms with van der Waals surface area (Å²) in [6.07, 6.45) is 4.68. The van der Waals surface area contributed by atoms with E-state index in [1.165, 1.54) is 18.4 Å². The molecule has 2 atom stereocenters. The molecule has 0 amide bonds. The average Bonchev–Trinajstić information content (AvgIpc) is 3.12. The minimum absolute atomic E-state index is 0.229. The third-order valence-electron chi connectivity index (χ3n) is 6.68. The zero-order valence-corrected chi connectivity index (χ0v) is 18.6. The molecule has 3 fully saturated rings. The molecule has 5 heterocycles. The van der Waals surface area contributed by atoms with Gasteiger partial charge in [-0.2, -0.15) is 9.97 Å². The largest absolute Gasteiger partial charge is 0.382 e. The highest BCUT2D eigenvalue weighted by atomic mass is 16.1. The second-order valence-corrected chi connectivity index (χ2v) is 9.01. The molecule has 0 unspecified atom stereocenters. The van der Waals surface area contributed by atoms with Crippen molar-refractivity contribution in [2.45, 2.75) is 57.8 Å². The molecular formula is C23H32N8O. The van der Waals surface area contributed by atoms with E-state index in [0.717, 1.165) is 44.6 Å². The van der Waals surface area contributed by atoms with Gasteiger partial charge in [0.25, 0.3) is 0 Å². The van der Waals surface area contributed by atoms with Crippen molar-refractivity contribution in [2.75, 3.05) is 30.7 Å². The van der Waals surface area contributed by atoms with Crippen LogP contribution in [0.25, 0.3) is 11.2 Å². The maximum atomic E-state index is 12.6. The minimum atomic E-state index is -0.229. The molecule has 5 N–H and O–H groups in total. The fourth-order valence-corrected chi connectivity index (χ4v) is 4.82. The van der Waals surface area contributed by atoms with Gasteiger partial charge in [-0.1, -0.05) is 37.6 Å². The smallest absolute Gasteiger partial charge is 0.328 e. The second kappa shape index (κ2) is 8.91. The molecule has 2 bridgehead atoms. The number of benzene rings is 1. The normalized spacial score (nSPS) is 20.8. The van der Waals surface area contributed by atoms with Crippen molar-refractivity contribution < 1.29 is 0 Å². The van der Waals surface area contributed by atoms with Gasteiger partial charge in [-0.3, -0.25) is 9.47 Å². The lowest BCUT2D eigenvalue weighted by atomic mass is 9.92. The highest BCUT2D eigenvalue weighted by Gasteiger charge is 2.32. The summed E-state index contributed by atoms with van der Waals surface area (Å²) in [5.74, 6) is 0.738. The van der Waals surface area contributed by atoms with Crippen LogP contribution in [0.1, 0.15) is 43.7 Å². The number of hydrogen-bond acceptors (Lipinski definition) is 7. The van der Waals surface area contributed by atoms with Crippen LogP contribution < -0.4 is 22.1 Å². The molecule has 0 aliphatic carbocycles. The quantitative estimate of drug-likeness (QED) is 0.399. The highest BCUT2D eigenvalue weighted by Crippen LogP contribution is 2.24. The summed E-state index contributed by atoms with van der Waals surface area (Å²) >= 11 is 0. The molecule has 170 valence electrons. The molecule has 2 aromatic heterocycles. The number of unbranched alkanes of at least 4 members (excludes halogenated alkanes) is 1. The van der Waals surface area contributed by atoms with Crippen molar-refractivity contribution in [3.63, 3.8) is 0 Å². The van der Waals surface area contributed by atoms with E-state index in [1.54, 1.807) is 4.57 Å². The Balaban J connectivity index is 1.32. The number of anilines is 2. The van der Waals surface area contributed by atoms with Crippen LogP contribution in [0, 0.1) is 0 Å². The Kier molecular flexibility index (Phi) is 5.84. The minimum Gasteiger partial charge on any atom is -0.382 e. The van der Waals surface area contributed by atoms with Gasteiger partial charge in [0.2, 0.25) is 5.95 Å². The number of fused-ring (bicyclic) bond motifs is 4. The summed E-state index contributed by atoms with van der Waals surface area (Å²) in [7, 11) is 0. The van der Waals surface area contributed by atoms with Gasteiger partial charge in [-0.25, -0.2) is 4.79 Å². The van der Waals surface area contributed by atoms with E-state index >= 15 is 0 Å². The van der Waals surface area contributed by atoms with Gasteiger partial charge in [-0.05, 0) is 30.4 Å². The van der Waals surface area contributed by atoms with E-state index < -0.39 is 0 Å². The maximum absolute atomic E-state index is 12.6. The number of nitrogens with zero attached hydrogens (tertiary/aromatic N) is 4. The Morgan fingerprint density at radius 3 is 2.59 bits per heavy atom. The number of nitrogens with two attached hydrogens (primary N) is 1. The van der Waals surface area contributed by atoms with Crippen molar-refractivity contribution in [3.05, 3.63) is 45.9 Å². The molecule has 3 aromatic rings. The zero-order valence-electron chi connectivity index (χ0n) is 18.6. The predicted molar refractivity (Wildman–Crippen MR) is 127 cm³/mol. The summed E-state index contributed by atoms with van der Waals surface area (Å²) < 4.78 is 1.63. The average molecular weight is 437 g/mol. The number of piperazine rings is 1. The van der Waals surface area contributed by atoms with Crippen molar-refractivity contribution in [1.82, 2.24) is 29.7 Å². The van der Waals surface area contributed by atoms with Crippen LogP contribution in [0.2, 0.25) is 0 Å². The number of rotatable bonds is 8. The lowest BCUT2D eigenvalue weighted by molar-refractivity contribution is 0.0685. The molecule has 0 saturated carbocycles. The first-order valence-electron chi connectivity index (χ1n) is 11.7. The molecule has 3 aliphatic heterocycles. The Labute approximate surface area is 187 Å². The van der Waals surface area contributed by atoms with Gasteiger partial charge in [0.15, 0.2) is 11.5 Å². The summed E-state index contributed by atoms with van der Waals surface area (Å²) in [4.78, 5) is 26.9. The highest BCUT2D eigenvalue weighted by molar-refractivity contribution is 5.82. The topological polar surface area (TPSA) is 117 Å². The van der Waals surface area contributed by atoms with Crippen molar-refractivity contribution in [2.24, 2.45) is 0 Å². The van der Waals surface area contributed by atoms with Gasteiger partial charge in [0.1, 0.15) is 5.52 Å². The molecule has 6 rings (SSSR count).